The first-order chi connectivity index (χ1) is 18.4. The van der Waals surface area contributed by atoms with Crippen molar-refractivity contribution in [1.82, 2.24) is 0 Å². The van der Waals surface area contributed by atoms with Crippen molar-refractivity contribution in [2.45, 2.75) is 20.8 Å². The summed E-state index contributed by atoms with van der Waals surface area (Å²) in [5.41, 5.74) is 3.45. The Morgan fingerprint density at radius 3 is 1.45 bits per heavy atom. The Labute approximate surface area is 241 Å². The zero-order chi connectivity index (χ0) is 26.8. The van der Waals surface area contributed by atoms with E-state index in [1.165, 1.54) is 45.3 Å². The summed E-state index contributed by atoms with van der Waals surface area (Å²) in [6, 6.07) is 23.0. The van der Waals surface area contributed by atoms with Gasteiger partial charge in [-0.05, 0) is 92.6 Å². The third-order valence-corrected chi connectivity index (χ3v) is 12.3. The van der Waals surface area contributed by atoms with Crippen LogP contribution in [0.5, 0.6) is 0 Å². The van der Waals surface area contributed by atoms with Crippen molar-refractivity contribution in [3.8, 4) is 57.2 Å². The van der Waals surface area contributed by atoms with Crippen LogP contribution in [-0.4, -0.2) is 0 Å². The van der Waals surface area contributed by atoms with Gasteiger partial charge in [0.25, 0.3) is 0 Å². The average molecular weight is 582 g/mol. The van der Waals surface area contributed by atoms with E-state index in [0.29, 0.717) is 5.57 Å². The van der Waals surface area contributed by atoms with Gasteiger partial charge in [-0.1, -0.05) is 0 Å². The van der Waals surface area contributed by atoms with Gasteiger partial charge in [0, 0.05) is 54.3 Å². The Kier molecular flexibility index (Phi) is 7.58. The molecule has 5 aromatic rings. The van der Waals surface area contributed by atoms with E-state index in [2.05, 4.69) is 62.4 Å². The molecule has 0 amide bonds. The fraction of sp³-hybridized carbons (Fsp3) is 0.100. The van der Waals surface area contributed by atoms with Gasteiger partial charge < -0.3 is 0 Å². The van der Waals surface area contributed by atoms with E-state index in [1.54, 1.807) is 40.1 Å². The van der Waals surface area contributed by atoms with Gasteiger partial charge in [-0.15, -0.1) is 56.7 Å². The van der Waals surface area contributed by atoms with Crippen LogP contribution in [0.25, 0.3) is 51.2 Å². The van der Waals surface area contributed by atoms with Gasteiger partial charge in [0.15, 0.2) is 0 Å². The molecule has 0 atom stereocenters. The van der Waals surface area contributed by atoms with E-state index >= 15 is 0 Å². The summed E-state index contributed by atoms with van der Waals surface area (Å²) < 4.78 is 0. The molecule has 5 aromatic heterocycles. The van der Waals surface area contributed by atoms with Crippen LogP contribution in [0.3, 0.4) is 0 Å². The normalized spacial score (nSPS) is 11.1. The van der Waals surface area contributed by atoms with Crippen molar-refractivity contribution >= 4 is 68.8 Å². The van der Waals surface area contributed by atoms with Crippen molar-refractivity contribution in [2.75, 3.05) is 0 Å². The Morgan fingerprint density at radius 1 is 0.553 bits per heavy atom. The number of hydrogen-bond donors (Lipinski definition) is 0. The van der Waals surface area contributed by atoms with Crippen LogP contribution >= 0.6 is 56.7 Å². The Bertz CT molecular complexity index is 1830. The summed E-state index contributed by atoms with van der Waals surface area (Å²) in [6.45, 7) is 6.24. The zero-order valence-electron chi connectivity index (χ0n) is 20.7. The molecular formula is C30H19N3S5. The van der Waals surface area contributed by atoms with E-state index in [0.717, 1.165) is 14.6 Å². The molecule has 3 nitrogen and oxygen atoms in total. The van der Waals surface area contributed by atoms with Crippen LogP contribution in [0.1, 0.15) is 27.8 Å². The van der Waals surface area contributed by atoms with Gasteiger partial charge in [-0.3, -0.25) is 0 Å². The van der Waals surface area contributed by atoms with Crippen LogP contribution in [0.15, 0.2) is 59.7 Å². The van der Waals surface area contributed by atoms with Gasteiger partial charge in [-0.25, -0.2) is 0 Å². The maximum atomic E-state index is 9.06. The van der Waals surface area contributed by atoms with Crippen LogP contribution in [-0.2, 0) is 0 Å². The lowest BCUT2D eigenvalue weighted by molar-refractivity contribution is 1.41. The van der Waals surface area contributed by atoms with Crippen molar-refractivity contribution in [3.63, 3.8) is 0 Å². The van der Waals surface area contributed by atoms with E-state index in [9.17, 15) is 0 Å². The molecular weight excluding hydrogens is 563 g/mol. The molecule has 0 unspecified atom stereocenters. The van der Waals surface area contributed by atoms with E-state index in [1.807, 2.05) is 53.9 Å². The fourth-order valence-electron chi connectivity index (χ4n) is 3.85. The molecule has 0 aliphatic carbocycles. The van der Waals surface area contributed by atoms with E-state index in [-0.39, 0.29) is 5.57 Å². The maximum absolute atomic E-state index is 9.06. The quantitative estimate of drug-likeness (QED) is 0.187. The molecule has 0 radical (unpaired) electrons. The third-order valence-electron chi connectivity index (χ3n) is 5.91. The minimum Gasteiger partial charge on any atom is -0.193 e. The Balaban J connectivity index is 1.42. The van der Waals surface area contributed by atoms with E-state index < -0.39 is 0 Å². The van der Waals surface area contributed by atoms with Gasteiger partial charge in [0.05, 0.1) is 6.07 Å². The van der Waals surface area contributed by atoms with Gasteiger partial charge in [-0.2, -0.15) is 15.8 Å². The molecule has 0 aliphatic rings. The molecule has 0 saturated heterocycles. The monoisotopic (exact) mass is 581 g/mol. The lowest BCUT2D eigenvalue weighted by Crippen LogP contribution is -1.75. The van der Waals surface area contributed by atoms with Gasteiger partial charge in [0.1, 0.15) is 17.7 Å². The highest BCUT2D eigenvalue weighted by Gasteiger charge is 2.18. The summed E-state index contributed by atoms with van der Waals surface area (Å²) in [7, 11) is 0. The van der Waals surface area contributed by atoms with Crippen LogP contribution in [0.4, 0.5) is 0 Å². The van der Waals surface area contributed by atoms with Crippen molar-refractivity contribution < 1.29 is 0 Å². The highest BCUT2D eigenvalue weighted by atomic mass is 32.1. The topological polar surface area (TPSA) is 71.4 Å². The fourth-order valence-corrected chi connectivity index (χ4v) is 9.66. The molecule has 0 bridgehead atoms. The first-order valence-electron chi connectivity index (χ1n) is 11.5. The third kappa shape index (κ3) is 5.22. The maximum Gasteiger partial charge on any atom is 0.131 e. The first-order valence-corrected chi connectivity index (χ1v) is 15.6. The first kappa shape index (κ1) is 26.1. The molecule has 38 heavy (non-hydrogen) atoms. The summed E-state index contributed by atoms with van der Waals surface area (Å²) in [6.07, 6.45) is 3.57. The van der Waals surface area contributed by atoms with Crippen molar-refractivity contribution in [1.29, 1.82) is 15.8 Å². The van der Waals surface area contributed by atoms with Crippen molar-refractivity contribution in [2.24, 2.45) is 0 Å². The van der Waals surface area contributed by atoms with E-state index in [4.69, 9.17) is 15.8 Å². The second kappa shape index (κ2) is 11.1. The largest absolute Gasteiger partial charge is 0.193 e. The number of allylic oxidation sites excluding steroid dienone is 2. The number of nitrogens with zero attached hydrogens (tertiary/aromatic N) is 3. The highest BCUT2D eigenvalue weighted by Crippen LogP contribution is 2.48. The molecule has 5 rings (SSSR count). The predicted octanol–water partition coefficient (Wildman–Crippen LogP) is 10.6. The summed E-state index contributed by atoms with van der Waals surface area (Å²) in [5, 5.41) is 27.1. The average Bonchev–Trinajstić information content (AvgIpc) is 3.74. The molecule has 0 fully saturated rings. The van der Waals surface area contributed by atoms with Crippen LogP contribution in [0, 0.1) is 47.8 Å². The zero-order valence-corrected chi connectivity index (χ0v) is 24.7. The molecule has 0 saturated carbocycles. The summed E-state index contributed by atoms with van der Waals surface area (Å²) >= 11 is 8.73. The second-order valence-electron chi connectivity index (χ2n) is 8.46. The Morgan fingerprint density at radius 2 is 0.974 bits per heavy atom. The van der Waals surface area contributed by atoms with Crippen molar-refractivity contribution in [3.05, 3.63) is 80.6 Å². The highest BCUT2D eigenvalue weighted by molar-refractivity contribution is 7.30. The lowest BCUT2D eigenvalue weighted by atomic mass is 10.1. The number of hydrogen-bond acceptors (Lipinski definition) is 8. The van der Waals surface area contributed by atoms with Crippen LogP contribution < -0.4 is 0 Å². The predicted molar refractivity (Wildman–Crippen MR) is 166 cm³/mol. The molecule has 184 valence electrons. The minimum atomic E-state index is 0.115. The van der Waals surface area contributed by atoms with Crippen LogP contribution in [0.2, 0.25) is 0 Å². The molecule has 0 aromatic carbocycles. The van der Waals surface area contributed by atoms with Gasteiger partial charge in [0.2, 0.25) is 0 Å². The molecule has 5 heterocycles. The number of nitriles is 3. The number of rotatable bonds is 6. The summed E-state index contributed by atoms with van der Waals surface area (Å²) in [5.74, 6) is 0. The second-order valence-corrected chi connectivity index (χ2v) is 13.9. The Hall–Kier alpha value is -3.55. The molecule has 0 N–H and O–H groups in total. The molecule has 8 heteroatoms. The minimum absolute atomic E-state index is 0.115. The molecule has 0 aliphatic heterocycles. The SMILES string of the molecule is C/C(C#N)=C/c1ccc(-c2ccc(-c3sc(-c4ccc(-c5ccc(C=C(C#N)C#N)s5)s4)c(C)c3C)s2)s1. The van der Waals surface area contributed by atoms with Gasteiger partial charge >= 0.3 is 0 Å². The molecule has 0 spiro atoms. The lowest BCUT2D eigenvalue weighted by Gasteiger charge is -1.96. The number of thiophene rings is 5. The summed E-state index contributed by atoms with van der Waals surface area (Å²) in [4.78, 5) is 11.9. The smallest absolute Gasteiger partial charge is 0.131 e. The standard InChI is InChI=1S/C30H19N3S5/c1-17(14-31)12-21-4-6-23(34-21)25-8-10-27(36-25)29-18(2)19(3)30(38-29)28-11-9-26(37-28)24-7-5-22(35-24)13-20(15-32)16-33/h4-13H,1-3H3/b17-12-.